The molecule has 0 radical (unpaired) electrons. The second-order valence-electron chi connectivity index (χ2n) is 5.21. The smallest absolute Gasteiger partial charge is 0.146 e. The SMILES string of the molecule is Cc1ccc2cccc(OC(C)c3ccc(N)cc3)c2n1. The Labute approximate surface area is 124 Å². The highest BCUT2D eigenvalue weighted by molar-refractivity contribution is 5.84. The van der Waals surface area contributed by atoms with Crippen LogP contribution >= 0.6 is 0 Å². The third-order valence-corrected chi connectivity index (χ3v) is 3.53. The summed E-state index contributed by atoms with van der Waals surface area (Å²) in [6, 6.07) is 17.8. The Hall–Kier alpha value is -2.55. The fourth-order valence-electron chi connectivity index (χ4n) is 2.34. The zero-order valence-electron chi connectivity index (χ0n) is 12.2. The molecule has 0 aliphatic carbocycles. The lowest BCUT2D eigenvalue weighted by Gasteiger charge is -2.16. The molecule has 3 nitrogen and oxygen atoms in total. The Morgan fingerprint density at radius 1 is 1.00 bits per heavy atom. The van der Waals surface area contributed by atoms with E-state index in [0.717, 1.165) is 33.6 Å². The first-order chi connectivity index (χ1) is 10.1. The minimum Gasteiger partial charge on any atom is -0.484 e. The van der Waals surface area contributed by atoms with Crippen molar-refractivity contribution in [3.05, 3.63) is 65.9 Å². The number of aromatic nitrogens is 1. The highest BCUT2D eigenvalue weighted by Gasteiger charge is 2.10. The van der Waals surface area contributed by atoms with Gasteiger partial charge in [-0.05, 0) is 43.7 Å². The van der Waals surface area contributed by atoms with Gasteiger partial charge in [0.15, 0.2) is 0 Å². The lowest BCUT2D eigenvalue weighted by atomic mass is 10.1. The van der Waals surface area contributed by atoms with Crippen LogP contribution in [0.25, 0.3) is 10.9 Å². The van der Waals surface area contributed by atoms with Crippen molar-refractivity contribution in [2.45, 2.75) is 20.0 Å². The quantitative estimate of drug-likeness (QED) is 0.728. The standard InChI is InChI=1S/C18H18N2O/c1-12-6-7-15-4-3-5-17(18(15)20-12)21-13(2)14-8-10-16(19)11-9-14/h3-11,13H,19H2,1-2H3. The molecule has 0 amide bonds. The molecule has 0 spiro atoms. The molecule has 3 rings (SSSR count). The summed E-state index contributed by atoms with van der Waals surface area (Å²) in [5.41, 5.74) is 9.46. The molecule has 21 heavy (non-hydrogen) atoms. The maximum atomic E-state index is 6.11. The highest BCUT2D eigenvalue weighted by Crippen LogP contribution is 2.28. The molecule has 1 aromatic heterocycles. The average Bonchev–Trinajstić information content (AvgIpc) is 2.48. The number of pyridine rings is 1. The van der Waals surface area contributed by atoms with Gasteiger partial charge in [-0.15, -0.1) is 0 Å². The van der Waals surface area contributed by atoms with E-state index in [2.05, 4.69) is 11.1 Å². The zero-order valence-corrected chi connectivity index (χ0v) is 12.2. The minimum atomic E-state index is -0.0569. The van der Waals surface area contributed by atoms with E-state index in [4.69, 9.17) is 10.5 Å². The number of nitrogens with zero attached hydrogens (tertiary/aromatic N) is 1. The average molecular weight is 278 g/mol. The first-order valence-corrected chi connectivity index (χ1v) is 7.02. The minimum absolute atomic E-state index is 0.0569. The molecule has 0 aliphatic heterocycles. The molecule has 3 aromatic rings. The van der Waals surface area contributed by atoms with Crippen LogP contribution in [0.4, 0.5) is 5.69 Å². The Kier molecular flexibility index (Phi) is 3.48. The van der Waals surface area contributed by atoms with E-state index in [-0.39, 0.29) is 6.10 Å². The molecular weight excluding hydrogens is 260 g/mol. The van der Waals surface area contributed by atoms with Gasteiger partial charge < -0.3 is 10.5 Å². The summed E-state index contributed by atoms with van der Waals surface area (Å²) in [5, 5.41) is 1.09. The summed E-state index contributed by atoms with van der Waals surface area (Å²) in [6.45, 7) is 4.01. The lowest BCUT2D eigenvalue weighted by Crippen LogP contribution is -2.04. The van der Waals surface area contributed by atoms with E-state index >= 15 is 0 Å². The summed E-state index contributed by atoms with van der Waals surface area (Å²) < 4.78 is 6.11. The largest absolute Gasteiger partial charge is 0.484 e. The second kappa shape index (κ2) is 5.44. The van der Waals surface area contributed by atoms with Gasteiger partial charge in [0, 0.05) is 16.8 Å². The van der Waals surface area contributed by atoms with Gasteiger partial charge in [-0.2, -0.15) is 0 Å². The van der Waals surface area contributed by atoms with E-state index < -0.39 is 0 Å². The fourth-order valence-corrected chi connectivity index (χ4v) is 2.34. The predicted octanol–water partition coefficient (Wildman–Crippen LogP) is 4.27. The molecule has 2 aromatic carbocycles. The van der Waals surface area contributed by atoms with Gasteiger partial charge in [-0.1, -0.05) is 30.3 Å². The molecule has 0 saturated carbocycles. The van der Waals surface area contributed by atoms with Crippen LogP contribution < -0.4 is 10.5 Å². The Bertz CT molecular complexity index is 766. The normalized spacial score (nSPS) is 12.3. The molecule has 0 aliphatic rings. The van der Waals surface area contributed by atoms with Crippen molar-refractivity contribution in [1.82, 2.24) is 4.98 Å². The Balaban J connectivity index is 1.94. The van der Waals surface area contributed by atoms with E-state index in [0.29, 0.717) is 0 Å². The van der Waals surface area contributed by atoms with Crippen LogP contribution in [0.3, 0.4) is 0 Å². The van der Waals surface area contributed by atoms with Gasteiger partial charge in [0.2, 0.25) is 0 Å². The lowest BCUT2D eigenvalue weighted by molar-refractivity contribution is 0.229. The van der Waals surface area contributed by atoms with Crippen molar-refractivity contribution < 1.29 is 4.74 Å². The van der Waals surface area contributed by atoms with Gasteiger partial charge >= 0.3 is 0 Å². The Morgan fingerprint density at radius 2 is 1.76 bits per heavy atom. The van der Waals surface area contributed by atoms with E-state index in [1.807, 2.05) is 62.4 Å². The first-order valence-electron chi connectivity index (χ1n) is 7.02. The number of fused-ring (bicyclic) bond motifs is 1. The van der Waals surface area contributed by atoms with Crippen LogP contribution in [0.15, 0.2) is 54.6 Å². The molecular formula is C18H18N2O. The van der Waals surface area contributed by atoms with Crippen molar-refractivity contribution in [3.8, 4) is 5.75 Å². The van der Waals surface area contributed by atoms with E-state index in [9.17, 15) is 0 Å². The number of para-hydroxylation sites is 1. The van der Waals surface area contributed by atoms with Crippen molar-refractivity contribution in [2.24, 2.45) is 0 Å². The molecule has 2 N–H and O–H groups in total. The second-order valence-corrected chi connectivity index (χ2v) is 5.21. The first kappa shape index (κ1) is 13.4. The summed E-state index contributed by atoms with van der Waals surface area (Å²) in [4.78, 5) is 4.59. The molecule has 0 saturated heterocycles. The van der Waals surface area contributed by atoms with Crippen molar-refractivity contribution in [1.29, 1.82) is 0 Å². The Morgan fingerprint density at radius 3 is 2.52 bits per heavy atom. The molecule has 1 atom stereocenters. The summed E-state index contributed by atoms with van der Waals surface area (Å²) in [7, 11) is 0. The van der Waals surface area contributed by atoms with Crippen LogP contribution in [0.2, 0.25) is 0 Å². The van der Waals surface area contributed by atoms with Crippen LogP contribution in [0.5, 0.6) is 5.75 Å². The number of aryl methyl sites for hydroxylation is 1. The van der Waals surface area contributed by atoms with Gasteiger partial charge in [0.05, 0.1) is 0 Å². The van der Waals surface area contributed by atoms with Crippen molar-refractivity contribution in [2.75, 3.05) is 5.73 Å². The van der Waals surface area contributed by atoms with Crippen LogP contribution in [-0.4, -0.2) is 4.98 Å². The zero-order chi connectivity index (χ0) is 14.8. The van der Waals surface area contributed by atoms with Crippen LogP contribution in [-0.2, 0) is 0 Å². The third kappa shape index (κ3) is 2.82. The van der Waals surface area contributed by atoms with Gasteiger partial charge in [-0.3, -0.25) is 0 Å². The molecule has 1 unspecified atom stereocenters. The number of benzene rings is 2. The fraction of sp³-hybridized carbons (Fsp3) is 0.167. The summed E-state index contributed by atoms with van der Waals surface area (Å²) in [6.07, 6.45) is -0.0569. The number of anilines is 1. The summed E-state index contributed by atoms with van der Waals surface area (Å²) >= 11 is 0. The number of rotatable bonds is 3. The summed E-state index contributed by atoms with van der Waals surface area (Å²) in [5.74, 6) is 0.806. The monoisotopic (exact) mass is 278 g/mol. The van der Waals surface area contributed by atoms with Crippen molar-refractivity contribution >= 4 is 16.6 Å². The number of hydrogen-bond acceptors (Lipinski definition) is 3. The number of nitrogens with two attached hydrogens (primary N) is 1. The molecule has 0 bridgehead atoms. The van der Waals surface area contributed by atoms with Crippen molar-refractivity contribution in [3.63, 3.8) is 0 Å². The topological polar surface area (TPSA) is 48.1 Å². The molecule has 106 valence electrons. The van der Waals surface area contributed by atoms with E-state index in [1.165, 1.54) is 0 Å². The number of ether oxygens (including phenoxy) is 1. The van der Waals surface area contributed by atoms with Crippen LogP contribution in [0.1, 0.15) is 24.3 Å². The number of hydrogen-bond donors (Lipinski definition) is 1. The maximum absolute atomic E-state index is 6.11. The predicted molar refractivity (Wildman–Crippen MR) is 86.4 cm³/mol. The number of nitrogen functional groups attached to an aromatic ring is 1. The molecule has 0 fully saturated rings. The van der Waals surface area contributed by atoms with Crippen LogP contribution in [0, 0.1) is 6.92 Å². The van der Waals surface area contributed by atoms with E-state index in [1.54, 1.807) is 0 Å². The van der Waals surface area contributed by atoms with Gasteiger partial charge in [-0.25, -0.2) is 4.98 Å². The molecule has 3 heteroatoms. The van der Waals surface area contributed by atoms with Gasteiger partial charge in [0.1, 0.15) is 17.4 Å². The highest BCUT2D eigenvalue weighted by atomic mass is 16.5. The van der Waals surface area contributed by atoms with Gasteiger partial charge in [0.25, 0.3) is 0 Å². The maximum Gasteiger partial charge on any atom is 0.146 e. The molecule has 1 heterocycles. The third-order valence-electron chi connectivity index (χ3n) is 3.53.